The van der Waals surface area contributed by atoms with Crippen LogP contribution >= 0.6 is 34.7 Å². The molecule has 25 heavy (non-hydrogen) atoms. The minimum Gasteiger partial charge on any atom is -0.329 e. The normalized spacial score (nSPS) is 10.8. The summed E-state index contributed by atoms with van der Waals surface area (Å²) in [5.41, 5.74) is 0.446. The van der Waals surface area contributed by atoms with E-state index < -0.39 is 5.82 Å². The minimum atomic E-state index is -0.399. The molecule has 0 radical (unpaired) electrons. The van der Waals surface area contributed by atoms with Crippen molar-refractivity contribution in [2.45, 2.75) is 22.9 Å². The third kappa shape index (κ3) is 4.84. The van der Waals surface area contributed by atoms with E-state index in [-0.39, 0.29) is 5.91 Å². The fraction of sp³-hybridized carbons (Fsp3) is 0.176. The van der Waals surface area contributed by atoms with Gasteiger partial charge in [0, 0.05) is 35.6 Å². The van der Waals surface area contributed by atoms with Crippen LogP contribution in [0.3, 0.4) is 0 Å². The number of nitrogens with one attached hydrogen (secondary N) is 1. The van der Waals surface area contributed by atoms with Gasteiger partial charge in [0.1, 0.15) is 5.82 Å². The maximum atomic E-state index is 13.6. The van der Waals surface area contributed by atoms with Gasteiger partial charge in [0.25, 0.3) is 0 Å². The van der Waals surface area contributed by atoms with Gasteiger partial charge in [-0.2, -0.15) is 0 Å². The van der Waals surface area contributed by atoms with Crippen molar-refractivity contribution < 1.29 is 9.18 Å². The van der Waals surface area contributed by atoms with Crippen molar-refractivity contribution in [2.75, 3.05) is 5.32 Å². The second-order valence-corrected chi connectivity index (χ2v) is 8.13. The summed E-state index contributed by atoms with van der Waals surface area (Å²) in [4.78, 5) is 18.3. The van der Waals surface area contributed by atoms with Crippen molar-refractivity contribution in [1.82, 2.24) is 9.55 Å². The Morgan fingerprint density at radius 1 is 1.40 bits per heavy atom. The Hall–Kier alpha value is -1.83. The van der Waals surface area contributed by atoms with Gasteiger partial charge >= 0.3 is 0 Å². The molecule has 3 rings (SSSR count). The Balaban J connectivity index is 1.69. The molecule has 130 valence electrons. The molecule has 2 aromatic heterocycles. The highest BCUT2D eigenvalue weighted by Crippen LogP contribution is 2.33. The van der Waals surface area contributed by atoms with Crippen LogP contribution in [0.4, 0.5) is 10.1 Å². The van der Waals surface area contributed by atoms with Crippen LogP contribution in [-0.2, 0) is 18.3 Å². The monoisotopic (exact) mass is 395 g/mol. The van der Waals surface area contributed by atoms with Crippen LogP contribution in [0, 0.1) is 5.82 Å². The SMILES string of the molecule is Cn1ccnc1Sc1ccc(F)cc1NC(=O)CCc1ccc(Cl)s1. The molecule has 0 unspecified atom stereocenters. The van der Waals surface area contributed by atoms with Gasteiger partial charge in [-0.05, 0) is 48.5 Å². The van der Waals surface area contributed by atoms with Gasteiger partial charge < -0.3 is 9.88 Å². The van der Waals surface area contributed by atoms with E-state index in [2.05, 4.69) is 10.3 Å². The number of carbonyl (C=O) groups excluding carboxylic acids is 1. The van der Waals surface area contributed by atoms with Gasteiger partial charge in [-0.1, -0.05) is 11.6 Å². The maximum absolute atomic E-state index is 13.6. The molecule has 0 bridgehead atoms. The highest BCUT2D eigenvalue weighted by atomic mass is 35.5. The summed E-state index contributed by atoms with van der Waals surface area (Å²) in [5.74, 6) is -0.568. The largest absolute Gasteiger partial charge is 0.329 e. The molecular formula is C17H15ClFN3OS2. The number of carbonyl (C=O) groups is 1. The van der Waals surface area contributed by atoms with Gasteiger partial charge in [-0.25, -0.2) is 9.37 Å². The number of aryl methyl sites for hydroxylation is 2. The Labute approximate surface area is 158 Å². The van der Waals surface area contributed by atoms with Crippen molar-refractivity contribution in [2.24, 2.45) is 7.05 Å². The highest BCUT2D eigenvalue weighted by Gasteiger charge is 2.12. The minimum absolute atomic E-state index is 0.170. The number of hydrogen-bond donors (Lipinski definition) is 1. The number of rotatable bonds is 6. The quantitative estimate of drug-likeness (QED) is 0.639. The number of aromatic nitrogens is 2. The predicted molar refractivity (Wildman–Crippen MR) is 100 cm³/mol. The molecule has 2 heterocycles. The first-order valence-corrected chi connectivity index (χ1v) is 9.51. The van der Waals surface area contributed by atoms with E-state index in [1.165, 1.54) is 35.2 Å². The molecule has 8 heteroatoms. The van der Waals surface area contributed by atoms with Crippen LogP contribution in [0.25, 0.3) is 0 Å². The second kappa shape index (κ2) is 8.03. The first-order valence-electron chi connectivity index (χ1n) is 7.50. The first-order chi connectivity index (χ1) is 12.0. The van der Waals surface area contributed by atoms with Gasteiger partial charge in [0.05, 0.1) is 10.0 Å². The zero-order chi connectivity index (χ0) is 17.8. The van der Waals surface area contributed by atoms with Crippen LogP contribution < -0.4 is 5.32 Å². The maximum Gasteiger partial charge on any atom is 0.224 e. The molecule has 0 saturated heterocycles. The number of amides is 1. The first kappa shape index (κ1) is 18.0. The zero-order valence-corrected chi connectivity index (χ0v) is 15.7. The lowest BCUT2D eigenvalue weighted by Crippen LogP contribution is -2.13. The molecule has 0 aliphatic rings. The van der Waals surface area contributed by atoms with Crippen molar-refractivity contribution >= 4 is 46.3 Å². The number of nitrogens with zero attached hydrogens (tertiary/aromatic N) is 2. The van der Waals surface area contributed by atoms with Crippen molar-refractivity contribution in [3.8, 4) is 0 Å². The Morgan fingerprint density at radius 3 is 2.92 bits per heavy atom. The molecule has 0 fully saturated rings. The van der Waals surface area contributed by atoms with E-state index in [1.807, 2.05) is 29.9 Å². The Kier molecular flexibility index (Phi) is 5.78. The third-order valence-electron chi connectivity index (χ3n) is 3.42. The van der Waals surface area contributed by atoms with E-state index in [0.717, 1.165) is 14.9 Å². The third-order valence-corrected chi connectivity index (χ3v) is 5.86. The molecule has 4 nitrogen and oxygen atoms in total. The summed E-state index contributed by atoms with van der Waals surface area (Å²) in [5, 5.41) is 3.55. The van der Waals surface area contributed by atoms with Crippen molar-refractivity contribution in [3.63, 3.8) is 0 Å². The van der Waals surface area contributed by atoms with Gasteiger partial charge in [0.2, 0.25) is 5.91 Å². The van der Waals surface area contributed by atoms with E-state index in [0.29, 0.717) is 22.9 Å². The fourth-order valence-corrected chi connectivity index (χ4v) is 4.13. The molecule has 1 aromatic carbocycles. The molecular weight excluding hydrogens is 381 g/mol. The molecule has 1 amide bonds. The molecule has 0 spiro atoms. The number of anilines is 1. The number of thiophene rings is 1. The Bertz CT molecular complexity index is 894. The summed E-state index contributed by atoms with van der Waals surface area (Å²) in [6, 6.07) is 8.06. The van der Waals surface area contributed by atoms with E-state index in [1.54, 1.807) is 12.3 Å². The lowest BCUT2D eigenvalue weighted by Gasteiger charge is -2.11. The average molecular weight is 396 g/mol. The molecule has 0 saturated carbocycles. The summed E-state index contributed by atoms with van der Waals surface area (Å²) in [7, 11) is 1.88. The summed E-state index contributed by atoms with van der Waals surface area (Å²) < 4.78 is 16.2. The molecule has 3 aromatic rings. The highest BCUT2D eigenvalue weighted by molar-refractivity contribution is 7.99. The van der Waals surface area contributed by atoms with Gasteiger partial charge in [0.15, 0.2) is 5.16 Å². The molecule has 0 aliphatic carbocycles. The summed E-state index contributed by atoms with van der Waals surface area (Å²) in [6.45, 7) is 0. The van der Waals surface area contributed by atoms with Gasteiger partial charge in [-0.15, -0.1) is 11.3 Å². The van der Waals surface area contributed by atoms with Crippen molar-refractivity contribution in [1.29, 1.82) is 0 Å². The van der Waals surface area contributed by atoms with E-state index in [9.17, 15) is 9.18 Å². The second-order valence-electron chi connectivity index (χ2n) is 5.32. The zero-order valence-electron chi connectivity index (χ0n) is 13.3. The lowest BCUT2D eigenvalue weighted by atomic mass is 10.2. The molecule has 0 aliphatic heterocycles. The van der Waals surface area contributed by atoms with Gasteiger partial charge in [-0.3, -0.25) is 4.79 Å². The lowest BCUT2D eigenvalue weighted by molar-refractivity contribution is -0.116. The van der Waals surface area contributed by atoms with E-state index >= 15 is 0 Å². The Morgan fingerprint density at radius 2 is 2.24 bits per heavy atom. The average Bonchev–Trinajstić information content (AvgIpc) is 3.17. The summed E-state index contributed by atoms with van der Waals surface area (Å²) >= 11 is 8.72. The van der Waals surface area contributed by atoms with Crippen LogP contribution in [0.15, 0.2) is 52.8 Å². The van der Waals surface area contributed by atoms with Crippen LogP contribution in [0.2, 0.25) is 4.34 Å². The fourth-order valence-electron chi connectivity index (χ4n) is 2.17. The molecule has 1 N–H and O–H groups in total. The number of benzene rings is 1. The standard InChI is InChI=1S/C17H15ClFN3OS2/c1-22-9-8-20-17(22)25-14-5-2-11(19)10-13(14)21-16(23)7-4-12-3-6-15(18)24-12/h2-3,5-6,8-10H,4,7H2,1H3,(H,21,23). The topological polar surface area (TPSA) is 46.9 Å². The number of hydrogen-bond acceptors (Lipinski definition) is 4. The van der Waals surface area contributed by atoms with Crippen molar-refractivity contribution in [3.05, 3.63) is 57.8 Å². The predicted octanol–water partition coefficient (Wildman–Crippen LogP) is 5.00. The van der Waals surface area contributed by atoms with Crippen LogP contribution in [0.5, 0.6) is 0 Å². The summed E-state index contributed by atoms with van der Waals surface area (Å²) in [6.07, 6.45) is 4.42. The van der Waals surface area contributed by atoms with E-state index in [4.69, 9.17) is 11.6 Å². The van der Waals surface area contributed by atoms with Crippen LogP contribution in [0.1, 0.15) is 11.3 Å². The molecule has 0 atom stereocenters. The number of halogens is 2. The van der Waals surface area contributed by atoms with Crippen LogP contribution in [-0.4, -0.2) is 15.5 Å². The smallest absolute Gasteiger partial charge is 0.224 e. The number of imidazole rings is 1.